The summed E-state index contributed by atoms with van der Waals surface area (Å²) in [7, 11) is 0. The van der Waals surface area contributed by atoms with Crippen LogP contribution in [0.4, 0.5) is 4.79 Å². The summed E-state index contributed by atoms with van der Waals surface area (Å²) in [4.78, 5) is 22.1. The van der Waals surface area contributed by atoms with Crippen molar-refractivity contribution in [2.24, 2.45) is 0 Å². The van der Waals surface area contributed by atoms with Crippen molar-refractivity contribution >= 4 is 12.0 Å². The molecule has 88 valence electrons. The lowest BCUT2D eigenvalue weighted by atomic mass is 10.1. The fourth-order valence-electron chi connectivity index (χ4n) is 0.902. The van der Waals surface area contributed by atoms with Gasteiger partial charge in [-0.2, -0.15) is 0 Å². The molecule has 5 heteroatoms. The average Bonchev–Trinajstić information content (AvgIpc) is 2.16. The number of rotatable bonds is 5. The monoisotopic (exact) mass is 224 g/mol. The lowest BCUT2D eigenvalue weighted by Gasteiger charge is -2.21. The molecule has 3 N–H and O–H groups in total. The Hall–Kier alpha value is -1.96. The molecule has 0 aliphatic heterocycles. The number of carboxylic acids is 1. The molecule has 0 saturated heterocycles. The predicted octanol–water partition coefficient (Wildman–Crippen LogP) is 0.727. The Morgan fingerprint density at radius 1 is 1.62 bits per heavy atom. The maximum atomic E-state index is 11.4. The largest absolute Gasteiger partial charge is 0.480 e. The van der Waals surface area contributed by atoms with Crippen LogP contribution in [0.3, 0.4) is 0 Å². The molecule has 2 amide bonds. The molecular weight excluding hydrogens is 208 g/mol. The molecule has 0 aliphatic rings. The van der Waals surface area contributed by atoms with Crippen LogP contribution >= 0.6 is 0 Å². The number of hydrogen-bond acceptors (Lipinski definition) is 2. The number of amides is 2. The van der Waals surface area contributed by atoms with Gasteiger partial charge in [0.2, 0.25) is 0 Å². The Labute approximate surface area is 94.9 Å². The predicted molar refractivity (Wildman–Crippen MR) is 60.8 cm³/mol. The first-order valence-corrected chi connectivity index (χ1v) is 4.72. The Bertz CT molecular complexity index is 329. The second-order valence-electron chi connectivity index (χ2n) is 3.78. The molecule has 0 radical (unpaired) electrons. The van der Waals surface area contributed by atoms with E-state index in [1.807, 2.05) is 0 Å². The summed E-state index contributed by atoms with van der Waals surface area (Å²) in [6.07, 6.45) is 6.75. The van der Waals surface area contributed by atoms with Crippen molar-refractivity contribution in [1.29, 1.82) is 0 Å². The third-order valence-electron chi connectivity index (χ3n) is 1.79. The highest BCUT2D eigenvalue weighted by molar-refractivity contribution is 5.83. The van der Waals surface area contributed by atoms with Gasteiger partial charge >= 0.3 is 12.0 Å². The molecule has 0 heterocycles. The van der Waals surface area contributed by atoms with Gasteiger partial charge in [-0.1, -0.05) is 12.0 Å². The number of carbonyl (C=O) groups excluding carboxylic acids is 1. The van der Waals surface area contributed by atoms with Crippen molar-refractivity contribution in [3.8, 4) is 12.3 Å². The van der Waals surface area contributed by atoms with E-state index in [4.69, 9.17) is 11.5 Å². The second-order valence-corrected chi connectivity index (χ2v) is 3.78. The molecule has 1 unspecified atom stereocenters. The van der Waals surface area contributed by atoms with Gasteiger partial charge in [0, 0.05) is 0 Å². The molecule has 0 spiro atoms. The van der Waals surface area contributed by atoms with E-state index in [1.54, 1.807) is 13.8 Å². The molecule has 5 nitrogen and oxygen atoms in total. The normalized spacial score (nSPS) is 12.1. The van der Waals surface area contributed by atoms with Gasteiger partial charge in [-0.3, -0.25) is 0 Å². The van der Waals surface area contributed by atoms with E-state index in [9.17, 15) is 9.59 Å². The maximum Gasteiger partial charge on any atom is 0.326 e. The van der Waals surface area contributed by atoms with Gasteiger partial charge in [-0.15, -0.1) is 13.0 Å². The van der Waals surface area contributed by atoms with E-state index in [2.05, 4.69) is 23.1 Å². The summed E-state index contributed by atoms with van der Waals surface area (Å²) in [5, 5.41) is 13.5. The minimum absolute atomic E-state index is 0.152. The average molecular weight is 224 g/mol. The first kappa shape index (κ1) is 14.0. The topological polar surface area (TPSA) is 78.4 Å². The third-order valence-corrected chi connectivity index (χ3v) is 1.79. The Balaban J connectivity index is 4.37. The minimum atomic E-state index is -1.12. The number of urea groups is 1. The van der Waals surface area contributed by atoms with E-state index in [0.29, 0.717) is 0 Å². The van der Waals surface area contributed by atoms with Gasteiger partial charge in [0.25, 0.3) is 0 Å². The first-order valence-electron chi connectivity index (χ1n) is 4.72. The van der Waals surface area contributed by atoms with Crippen LogP contribution < -0.4 is 10.6 Å². The van der Waals surface area contributed by atoms with Gasteiger partial charge in [0.15, 0.2) is 0 Å². The maximum absolute atomic E-state index is 11.4. The zero-order valence-corrected chi connectivity index (χ0v) is 9.41. The lowest BCUT2D eigenvalue weighted by Crippen LogP contribution is -2.52. The van der Waals surface area contributed by atoms with E-state index in [-0.39, 0.29) is 6.42 Å². The summed E-state index contributed by atoms with van der Waals surface area (Å²) in [6, 6.07) is -1.61. The van der Waals surface area contributed by atoms with Crippen LogP contribution in [0.15, 0.2) is 12.7 Å². The summed E-state index contributed by atoms with van der Waals surface area (Å²) >= 11 is 0. The molecule has 1 atom stereocenters. The van der Waals surface area contributed by atoms with Crippen molar-refractivity contribution < 1.29 is 14.7 Å². The van der Waals surface area contributed by atoms with Gasteiger partial charge < -0.3 is 15.7 Å². The summed E-state index contributed by atoms with van der Waals surface area (Å²) in [5.74, 6) is 1.25. The fraction of sp³-hybridized carbons (Fsp3) is 0.455. The third kappa shape index (κ3) is 5.05. The lowest BCUT2D eigenvalue weighted by molar-refractivity contribution is -0.139. The summed E-state index contributed by atoms with van der Waals surface area (Å²) < 4.78 is 0. The molecule has 0 fully saturated rings. The number of carbonyl (C=O) groups is 2. The van der Waals surface area contributed by atoms with Crippen LogP contribution in [0.2, 0.25) is 0 Å². The van der Waals surface area contributed by atoms with Crippen molar-refractivity contribution in [2.75, 3.05) is 0 Å². The standard InChI is InChI=1S/C11H16N2O3/c1-5-7-8(9(14)15)12-10(16)13-11(3,4)6-2/h2,5,8H,1,7H2,3-4H3,(H,14,15)(H2,12,13,16). The van der Waals surface area contributed by atoms with Crippen LogP contribution in [-0.4, -0.2) is 28.7 Å². The number of carboxylic acid groups (broad SMARTS) is 1. The molecule has 0 saturated carbocycles. The molecular formula is C11H16N2O3. The Kier molecular flexibility index (Phi) is 5.10. The van der Waals surface area contributed by atoms with Crippen LogP contribution in [0.1, 0.15) is 20.3 Å². The summed E-state index contributed by atoms with van der Waals surface area (Å²) in [6.45, 7) is 6.68. The van der Waals surface area contributed by atoms with Crippen molar-refractivity contribution in [2.45, 2.75) is 31.8 Å². The van der Waals surface area contributed by atoms with Gasteiger partial charge in [0.05, 0.1) is 5.54 Å². The highest BCUT2D eigenvalue weighted by Crippen LogP contribution is 1.99. The van der Waals surface area contributed by atoms with Crippen molar-refractivity contribution in [3.05, 3.63) is 12.7 Å². The van der Waals surface area contributed by atoms with Crippen molar-refractivity contribution in [3.63, 3.8) is 0 Å². The summed E-state index contributed by atoms with van der Waals surface area (Å²) in [5.41, 5.74) is -0.818. The molecule has 0 aliphatic carbocycles. The van der Waals surface area contributed by atoms with Crippen LogP contribution in [0.25, 0.3) is 0 Å². The number of aliphatic carboxylic acids is 1. The van der Waals surface area contributed by atoms with E-state index >= 15 is 0 Å². The van der Waals surface area contributed by atoms with Gasteiger partial charge in [-0.25, -0.2) is 9.59 Å². The number of terminal acetylenes is 1. The zero-order chi connectivity index (χ0) is 12.8. The fourth-order valence-corrected chi connectivity index (χ4v) is 0.902. The van der Waals surface area contributed by atoms with E-state index in [1.165, 1.54) is 6.08 Å². The quantitative estimate of drug-likeness (QED) is 0.475. The smallest absolute Gasteiger partial charge is 0.326 e. The number of nitrogens with one attached hydrogen (secondary N) is 2. The van der Waals surface area contributed by atoms with Crippen molar-refractivity contribution in [1.82, 2.24) is 10.6 Å². The highest BCUT2D eigenvalue weighted by atomic mass is 16.4. The second kappa shape index (κ2) is 5.81. The Morgan fingerprint density at radius 2 is 2.19 bits per heavy atom. The Morgan fingerprint density at radius 3 is 2.56 bits per heavy atom. The molecule has 0 aromatic carbocycles. The highest BCUT2D eigenvalue weighted by Gasteiger charge is 2.22. The van der Waals surface area contributed by atoms with Crippen LogP contribution in [0, 0.1) is 12.3 Å². The van der Waals surface area contributed by atoms with E-state index < -0.39 is 23.6 Å². The molecule has 16 heavy (non-hydrogen) atoms. The van der Waals surface area contributed by atoms with Crippen LogP contribution in [-0.2, 0) is 4.79 Å². The van der Waals surface area contributed by atoms with Gasteiger partial charge in [-0.05, 0) is 20.3 Å². The molecule has 0 aromatic rings. The van der Waals surface area contributed by atoms with Crippen LogP contribution in [0.5, 0.6) is 0 Å². The first-order chi connectivity index (χ1) is 7.32. The van der Waals surface area contributed by atoms with Gasteiger partial charge in [0.1, 0.15) is 6.04 Å². The molecule has 0 rings (SSSR count). The van der Waals surface area contributed by atoms with E-state index in [0.717, 1.165) is 0 Å². The minimum Gasteiger partial charge on any atom is -0.480 e. The number of hydrogen-bond donors (Lipinski definition) is 3. The zero-order valence-electron chi connectivity index (χ0n) is 9.41. The molecule has 0 aromatic heterocycles. The SMILES string of the molecule is C#CC(C)(C)NC(=O)NC(CC=C)C(=O)O. The molecule has 0 bridgehead atoms.